The maximum Gasteiger partial charge on any atom is 0.257 e. The van der Waals surface area contributed by atoms with Gasteiger partial charge in [0.15, 0.2) is 0 Å². The summed E-state index contributed by atoms with van der Waals surface area (Å²) in [4.78, 5) is 19.3. The van der Waals surface area contributed by atoms with Crippen molar-refractivity contribution in [2.45, 2.75) is 63.6 Å². The number of pyridine rings is 1. The summed E-state index contributed by atoms with van der Waals surface area (Å²) in [6.07, 6.45) is 7.99. The number of likely N-dealkylation sites (tertiary alicyclic amines) is 1. The molecule has 3 N–H and O–H groups in total. The first kappa shape index (κ1) is 20.8. The number of amides is 1. The zero-order valence-corrected chi connectivity index (χ0v) is 17.7. The molecule has 2 aliphatic rings. The number of aryl methyl sites for hydroxylation is 1. The summed E-state index contributed by atoms with van der Waals surface area (Å²) in [5, 5.41) is 16.7. The molecule has 1 aliphatic heterocycles. The van der Waals surface area contributed by atoms with Gasteiger partial charge in [0, 0.05) is 37.1 Å². The van der Waals surface area contributed by atoms with Crippen molar-refractivity contribution in [2.24, 2.45) is 0 Å². The Morgan fingerprint density at radius 1 is 1.03 bits per heavy atom. The second-order valence-corrected chi connectivity index (χ2v) is 8.63. The van der Waals surface area contributed by atoms with Crippen molar-refractivity contribution in [3.63, 3.8) is 0 Å². The molecule has 1 aromatic heterocycles. The summed E-state index contributed by atoms with van der Waals surface area (Å²) in [7, 11) is 0. The van der Waals surface area contributed by atoms with E-state index in [0.717, 1.165) is 62.3 Å². The molecule has 1 amide bonds. The molecule has 30 heavy (non-hydrogen) atoms. The summed E-state index contributed by atoms with van der Waals surface area (Å²) < 4.78 is 0. The zero-order valence-electron chi connectivity index (χ0n) is 17.7. The third-order valence-corrected chi connectivity index (χ3v) is 6.38. The van der Waals surface area contributed by atoms with Gasteiger partial charge in [0.05, 0.1) is 11.7 Å². The largest absolute Gasteiger partial charge is 0.391 e. The van der Waals surface area contributed by atoms with E-state index < -0.39 is 0 Å². The predicted molar refractivity (Wildman–Crippen MR) is 120 cm³/mol. The Labute approximate surface area is 178 Å². The van der Waals surface area contributed by atoms with Crippen LogP contribution in [0, 0.1) is 6.92 Å². The summed E-state index contributed by atoms with van der Waals surface area (Å²) in [5.41, 5.74) is 2.48. The van der Waals surface area contributed by atoms with Gasteiger partial charge < -0.3 is 15.7 Å². The summed E-state index contributed by atoms with van der Waals surface area (Å²) in [6.45, 7) is 4.04. The zero-order chi connectivity index (χ0) is 20.9. The van der Waals surface area contributed by atoms with Gasteiger partial charge in [0.25, 0.3) is 5.91 Å². The third kappa shape index (κ3) is 5.18. The molecule has 4 rings (SSSR count). The Morgan fingerprint density at radius 2 is 1.77 bits per heavy atom. The molecule has 1 saturated carbocycles. The van der Waals surface area contributed by atoms with Crippen LogP contribution in [-0.4, -0.2) is 52.2 Å². The first-order valence-corrected chi connectivity index (χ1v) is 11.1. The van der Waals surface area contributed by atoms with Gasteiger partial charge in [0.1, 0.15) is 5.82 Å². The normalized spacial score (nSPS) is 23.1. The maximum atomic E-state index is 12.4. The predicted octanol–water partition coefficient (Wildman–Crippen LogP) is 3.82. The van der Waals surface area contributed by atoms with E-state index in [-0.39, 0.29) is 12.0 Å². The Hall–Kier alpha value is -2.44. The van der Waals surface area contributed by atoms with Crippen LogP contribution < -0.4 is 10.6 Å². The van der Waals surface area contributed by atoms with E-state index in [2.05, 4.69) is 20.5 Å². The van der Waals surface area contributed by atoms with Gasteiger partial charge >= 0.3 is 0 Å². The second-order valence-electron chi connectivity index (χ2n) is 8.63. The lowest BCUT2D eigenvalue weighted by molar-refractivity contribution is 0.00992. The fraction of sp³-hybridized carbons (Fsp3) is 0.500. The molecule has 6 nitrogen and oxygen atoms in total. The van der Waals surface area contributed by atoms with E-state index in [1.807, 2.05) is 43.3 Å². The average molecular weight is 409 g/mol. The number of rotatable bonds is 5. The van der Waals surface area contributed by atoms with Gasteiger partial charge in [-0.25, -0.2) is 4.98 Å². The number of carbonyl (C=O) groups is 1. The fourth-order valence-corrected chi connectivity index (χ4v) is 4.56. The van der Waals surface area contributed by atoms with E-state index in [4.69, 9.17) is 0 Å². The van der Waals surface area contributed by atoms with Crippen molar-refractivity contribution in [3.05, 3.63) is 53.7 Å². The van der Waals surface area contributed by atoms with E-state index in [9.17, 15) is 9.90 Å². The van der Waals surface area contributed by atoms with Gasteiger partial charge in [-0.15, -0.1) is 0 Å². The van der Waals surface area contributed by atoms with Gasteiger partial charge in [-0.05, 0) is 56.9 Å². The SMILES string of the molecule is Cc1ccc(NC(=O)c2ccc(NC3CCN(C4CCCCC4O)CC3)nc2)cc1. The molecule has 2 aromatic rings. The van der Waals surface area contributed by atoms with Crippen molar-refractivity contribution in [1.29, 1.82) is 0 Å². The van der Waals surface area contributed by atoms with E-state index in [1.54, 1.807) is 6.20 Å². The number of nitrogens with one attached hydrogen (secondary N) is 2. The molecule has 6 heteroatoms. The van der Waals surface area contributed by atoms with Crippen molar-refractivity contribution in [1.82, 2.24) is 9.88 Å². The number of piperidine rings is 1. The summed E-state index contributed by atoms with van der Waals surface area (Å²) >= 11 is 0. The highest BCUT2D eigenvalue weighted by Gasteiger charge is 2.31. The van der Waals surface area contributed by atoms with Crippen LogP contribution in [0.5, 0.6) is 0 Å². The van der Waals surface area contributed by atoms with Crippen molar-refractivity contribution in [2.75, 3.05) is 23.7 Å². The fourth-order valence-electron chi connectivity index (χ4n) is 4.56. The Balaban J connectivity index is 1.26. The van der Waals surface area contributed by atoms with E-state index in [1.165, 1.54) is 6.42 Å². The van der Waals surface area contributed by atoms with Crippen LogP contribution in [0.3, 0.4) is 0 Å². The molecule has 1 saturated heterocycles. The first-order valence-electron chi connectivity index (χ1n) is 11.1. The van der Waals surface area contributed by atoms with E-state index in [0.29, 0.717) is 17.6 Å². The van der Waals surface area contributed by atoms with Crippen LogP contribution in [0.1, 0.15) is 54.4 Å². The summed E-state index contributed by atoms with van der Waals surface area (Å²) in [5.74, 6) is 0.648. The molecule has 2 fully saturated rings. The highest BCUT2D eigenvalue weighted by Crippen LogP contribution is 2.26. The number of nitrogens with zero attached hydrogens (tertiary/aromatic N) is 2. The van der Waals surface area contributed by atoms with Crippen molar-refractivity contribution < 1.29 is 9.90 Å². The first-order chi connectivity index (χ1) is 14.6. The second kappa shape index (κ2) is 9.58. The molecule has 1 aliphatic carbocycles. The molecule has 0 spiro atoms. The van der Waals surface area contributed by atoms with Crippen LogP contribution >= 0.6 is 0 Å². The monoisotopic (exact) mass is 408 g/mol. The number of aliphatic hydroxyl groups excluding tert-OH is 1. The smallest absolute Gasteiger partial charge is 0.257 e. The lowest BCUT2D eigenvalue weighted by Gasteiger charge is -2.41. The number of carbonyl (C=O) groups excluding carboxylic acids is 1. The maximum absolute atomic E-state index is 12.4. The minimum absolute atomic E-state index is 0.155. The van der Waals surface area contributed by atoms with Gasteiger partial charge in [-0.3, -0.25) is 9.69 Å². The van der Waals surface area contributed by atoms with Gasteiger partial charge in [-0.2, -0.15) is 0 Å². The third-order valence-electron chi connectivity index (χ3n) is 6.38. The van der Waals surface area contributed by atoms with Crippen LogP contribution in [0.2, 0.25) is 0 Å². The quantitative estimate of drug-likeness (QED) is 0.701. The van der Waals surface area contributed by atoms with Crippen LogP contribution in [-0.2, 0) is 0 Å². The highest BCUT2D eigenvalue weighted by molar-refractivity contribution is 6.04. The number of aliphatic hydroxyl groups is 1. The molecule has 0 radical (unpaired) electrons. The minimum atomic E-state index is -0.163. The molecule has 2 atom stereocenters. The number of hydrogen-bond donors (Lipinski definition) is 3. The molecule has 2 unspecified atom stereocenters. The van der Waals surface area contributed by atoms with Crippen LogP contribution in [0.15, 0.2) is 42.6 Å². The van der Waals surface area contributed by atoms with Gasteiger partial charge in [-0.1, -0.05) is 30.5 Å². The minimum Gasteiger partial charge on any atom is -0.391 e. The average Bonchev–Trinajstić information content (AvgIpc) is 2.77. The van der Waals surface area contributed by atoms with Gasteiger partial charge in [0.2, 0.25) is 0 Å². The Morgan fingerprint density at radius 3 is 2.43 bits per heavy atom. The Kier molecular flexibility index (Phi) is 6.65. The van der Waals surface area contributed by atoms with Crippen LogP contribution in [0.4, 0.5) is 11.5 Å². The summed E-state index contributed by atoms with van der Waals surface area (Å²) in [6, 6.07) is 12.1. The standard InChI is InChI=1S/C24H32N4O2/c1-17-6-9-19(10-7-17)27-24(30)18-8-11-23(25-16-18)26-20-12-14-28(15-13-20)21-4-2-3-5-22(21)29/h6-11,16,20-22,29H,2-5,12-15H2,1H3,(H,25,26)(H,27,30). The number of hydrogen-bond acceptors (Lipinski definition) is 5. The Bertz CT molecular complexity index is 829. The van der Waals surface area contributed by atoms with E-state index >= 15 is 0 Å². The number of anilines is 2. The lowest BCUT2D eigenvalue weighted by atomic mass is 9.89. The molecule has 2 heterocycles. The van der Waals surface area contributed by atoms with Crippen molar-refractivity contribution in [3.8, 4) is 0 Å². The molecular formula is C24H32N4O2. The van der Waals surface area contributed by atoms with Crippen molar-refractivity contribution >= 4 is 17.4 Å². The number of benzene rings is 1. The molecule has 1 aromatic carbocycles. The molecule has 160 valence electrons. The topological polar surface area (TPSA) is 77.5 Å². The molecule has 0 bridgehead atoms. The molecular weight excluding hydrogens is 376 g/mol. The lowest BCUT2D eigenvalue weighted by Crippen LogP contribution is -2.50. The highest BCUT2D eigenvalue weighted by atomic mass is 16.3. The van der Waals surface area contributed by atoms with Crippen LogP contribution in [0.25, 0.3) is 0 Å². The number of aromatic nitrogens is 1.